The Kier molecular flexibility index (Phi) is 4.61. The molecule has 0 saturated carbocycles. The zero-order valence-corrected chi connectivity index (χ0v) is 14.7. The molecule has 1 amide bonds. The van der Waals surface area contributed by atoms with Crippen LogP contribution in [0.2, 0.25) is 0 Å². The standard InChI is InChI=1S/C18H21N3O4/c1-20-14(17(22)19-10-15(24-3)25-4)9-12-16(20)11-7-5-6-8-13(11)21(2)18(12)23/h5-9,15H,10H2,1-4H3,(H,19,22). The van der Waals surface area contributed by atoms with E-state index in [-0.39, 0.29) is 18.0 Å². The predicted octanol–water partition coefficient (Wildman–Crippen LogP) is 1.38. The van der Waals surface area contributed by atoms with Gasteiger partial charge in [-0.15, -0.1) is 0 Å². The highest BCUT2D eigenvalue weighted by molar-refractivity contribution is 6.08. The maximum Gasteiger partial charge on any atom is 0.268 e. The fourth-order valence-electron chi connectivity index (χ4n) is 3.10. The topological polar surface area (TPSA) is 74.5 Å². The number of hydrogen-bond acceptors (Lipinski definition) is 4. The van der Waals surface area contributed by atoms with Gasteiger partial charge in [-0.2, -0.15) is 0 Å². The van der Waals surface area contributed by atoms with Gasteiger partial charge in [0.15, 0.2) is 6.29 Å². The van der Waals surface area contributed by atoms with E-state index >= 15 is 0 Å². The minimum atomic E-state index is -0.521. The number of hydrogen-bond donors (Lipinski definition) is 1. The molecule has 2 heterocycles. The number of rotatable bonds is 5. The first-order valence-corrected chi connectivity index (χ1v) is 7.90. The molecule has 0 saturated heterocycles. The van der Waals surface area contributed by atoms with Gasteiger partial charge in [0.05, 0.1) is 23.0 Å². The van der Waals surface area contributed by atoms with Crippen LogP contribution in [-0.4, -0.2) is 42.1 Å². The molecule has 0 atom stereocenters. The highest BCUT2D eigenvalue weighted by Gasteiger charge is 2.19. The number of nitrogens with zero attached hydrogens (tertiary/aromatic N) is 2. The van der Waals surface area contributed by atoms with E-state index in [9.17, 15) is 9.59 Å². The van der Waals surface area contributed by atoms with E-state index in [1.807, 2.05) is 24.3 Å². The molecule has 2 aromatic heterocycles. The zero-order valence-electron chi connectivity index (χ0n) is 14.7. The van der Waals surface area contributed by atoms with Crippen LogP contribution in [0.5, 0.6) is 0 Å². The first kappa shape index (κ1) is 17.2. The zero-order chi connectivity index (χ0) is 18.1. The predicted molar refractivity (Wildman–Crippen MR) is 95.8 cm³/mol. The third kappa shape index (κ3) is 2.81. The number of benzene rings is 1. The van der Waals surface area contributed by atoms with E-state index in [4.69, 9.17) is 9.47 Å². The molecular weight excluding hydrogens is 322 g/mol. The highest BCUT2D eigenvalue weighted by atomic mass is 16.7. The maximum atomic E-state index is 12.7. The number of aromatic nitrogens is 2. The average Bonchev–Trinajstić information content (AvgIpc) is 2.98. The summed E-state index contributed by atoms with van der Waals surface area (Å²) in [6.07, 6.45) is -0.521. The summed E-state index contributed by atoms with van der Waals surface area (Å²) in [7, 11) is 6.53. The van der Waals surface area contributed by atoms with Gasteiger partial charge in [0.1, 0.15) is 5.69 Å². The van der Waals surface area contributed by atoms with Crippen LogP contribution in [0, 0.1) is 0 Å². The first-order chi connectivity index (χ1) is 12.0. The van der Waals surface area contributed by atoms with E-state index in [1.54, 1.807) is 29.3 Å². The van der Waals surface area contributed by atoms with Crippen LogP contribution in [0.15, 0.2) is 35.1 Å². The lowest BCUT2D eigenvalue weighted by atomic mass is 10.1. The van der Waals surface area contributed by atoms with Crippen LogP contribution >= 0.6 is 0 Å². The fourth-order valence-corrected chi connectivity index (χ4v) is 3.10. The number of carbonyl (C=O) groups is 1. The summed E-state index contributed by atoms with van der Waals surface area (Å²) < 4.78 is 13.5. The quantitative estimate of drug-likeness (QED) is 0.710. The molecule has 0 bridgehead atoms. The molecule has 7 heteroatoms. The summed E-state index contributed by atoms with van der Waals surface area (Å²) in [5, 5.41) is 4.21. The lowest BCUT2D eigenvalue weighted by Gasteiger charge is -2.14. The SMILES string of the molecule is COC(CNC(=O)c1cc2c(=O)n(C)c3ccccc3c2n1C)OC. The minimum Gasteiger partial charge on any atom is -0.354 e. The van der Waals surface area contributed by atoms with Crippen molar-refractivity contribution in [1.29, 1.82) is 0 Å². The molecule has 0 spiro atoms. The van der Waals surface area contributed by atoms with E-state index in [0.717, 1.165) is 16.4 Å². The third-order valence-corrected chi connectivity index (χ3v) is 4.48. The van der Waals surface area contributed by atoms with Crippen LogP contribution in [0.25, 0.3) is 21.8 Å². The minimum absolute atomic E-state index is 0.130. The molecule has 25 heavy (non-hydrogen) atoms. The molecule has 7 nitrogen and oxygen atoms in total. The van der Waals surface area contributed by atoms with Crippen molar-refractivity contribution in [2.45, 2.75) is 6.29 Å². The fraction of sp³-hybridized carbons (Fsp3) is 0.333. The van der Waals surface area contributed by atoms with Gasteiger partial charge in [-0.25, -0.2) is 0 Å². The normalized spacial score (nSPS) is 11.6. The second kappa shape index (κ2) is 6.70. The lowest BCUT2D eigenvalue weighted by Crippen LogP contribution is -2.34. The lowest BCUT2D eigenvalue weighted by molar-refractivity contribution is -0.0974. The first-order valence-electron chi connectivity index (χ1n) is 7.90. The largest absolute Gasteiger partial charge is 0.354 e. The number of ether oxygens (including phenoxy) is 2. The highest BCUT2D eigenvalue weighted by Crippen LogP contribution is 2.24. The number of fused-ring (bicyclic) bond motifs is 3. The third-order valence-electron chi connectivity index (χ3n) is 4.48. The Morgan fingerprint density at radius 3 is 2.48 bits per heavy atom. The van der Waals surface area contributed by atoms with Crippen molar-refractivity contribution in [3.63, 3.8) is 0 Å². The van der Waals surface area contributed by atoms with Crippen LogP contribution in [-0.2, 0) is 23.6 Å². The number of aryl methyl sites for hydroxylation is 2. The Morgan fingerprint density at radius 2 is 1.80 bits per heavy atom. The molecular formula is C18H21N3O4. The Balaban J connectivity index is 2.11. The Morgan fingerprint density at radius 1 is 1.12 bits per heavy atom. The van der Waals surface area contributed by atoms with E-state index < -0.39 is 6.29 Å². The van der Waals surface area contributed by atoms with Gasteiger partial charge in [-0.3, -0.25) is 9.59 Å². The molecule has 0 radical (unpaired) electrons. The number of methoxy groups -OCH3 is 2. The van der Waals surface area contributed by atoms with Gasteiger partial charge in [0, 0.05) is 33.7 Å². The Labute approximate surface area is 144 Å². The molecule has 0 unspecified atom stereocenters. The molecule has 132 valence electrons. The van der Waals surface area contributed by atoms with Gasteiger partial charge < -0.3 is 23.9 Å². The van der Waals surface area contributed by atoms with Gasteiger partial charge in [0.2, 0.25) is 0 Å². The van der Waals surface area contributed by atoms with Crippen molar-refractivity contribution in [2.75, 3.05) is 20.8 Å². The van der Waals surface area contributed by atoms with Gasteiger partial charge >= 0.3 is 0 Å². The number of pyridine rings is 1. The van der Waals surface area contributed by atoms with Crippen LogP contribution in [0.1, 0.15) is 10.5 Å². The van der Waals surface area contributed by atoms with Gasteiger partial charge in [0.25, 0.3) is 11.5 Å². The molecule has 1 N–H and O–H groups in total. The van der Waals surface area contributed by atoms with Crippen molar-refractivity contribution >= 4 is 27.7 Å². The average molecular weight is 343 g/mol. The molecule has 3 rings (SSSR count). The van der Waals surface area contributed by atoms with E-state index in [0.29, 0.717) is 11.1 Å². The van der Waals surface area contributed by atoms with Crippen LogP contribution in [0.3, 0.4) is 0 Å². The molecule has 1 aromatic carbocycles. The second-order valence-corrected chi connectivity index (χ2v) is 5.84. The second-order valence-electron chi connectivity index (χ2n) is 5.84. The van der Waals surface area contributed by atoms with Gasteiger partial charge in [-0.1, -0.05) is 18.2 Å². The summed E-state index contributed by atoms with van der Waals surface area (Å²) in [6.45, 7) is 0.214. The van der Waals surface area contributed by atoms with Crippen molar-refractivity contribution < 1.29 is 14.3 Å². The summed E-state index contributed by atoms with van der Waals surface area (Å²) in [5.41, 5.74) is 1.86. The summed E-state index contributed by atoms with van der Waals surface area (Å²) in [4.78, 5) is 25.2. The van der Waals surface area contributed by atoms with Crippen molar-refractivity contribution in [3.8, 4) is 0 Å². The maximum absolute atomic E-state index is 12.7. The molecule has 0 aliphatic carbocycles. The van der Waals surface area contributed by atoms with Crippen LogP contribution < -0.4 is 10.9 Å². The Hall–Kier alpha value is -2.64. The van der Waals surface area contributed by atoms with E-state index in [1.165, 1.54) is 14.2 Å². The Bertz CT molecular complexity index is 999. The van der Waals surface area contributed by atoms with Crippen LogP contribution in [0.4, 0.5) is 0 Å². The van der Waals surface area contributed by atoms with Crippen molar-refractivity contribution in [1.82, 2.24) is 14.5 Å². The smallest absolute Gasteiger partial charge is 0.268 e. The number of carbonyl (C=O) groups excluding carboxylic acids is 1. The number of nitrogens with one attached hydrogen (secondary N) is 1. The van der Waals surface area contributed by atoms with E-state index in [2.05, 4.69) is 5.32 Å². The summed E-state index contributed by atoms with van der Waals surface area (Å²) >= 11 is 0. The van der Waals surface area contributed by atoms with Crippen molar-refractivity contribution in [2.24, 2.45) is 14.1 Å². The summed E-state index contributed by atoms with van der Waals surface area (Å²) in [6, 6.07) is 9.28. The molecule has 0 fully saturated rings. The summed E-state index contributed by atoms with van der Waals surface area (Å²) in [5.74, 6) is -0.288. The number of amides is 1. The van der Waals surface area contributed by atoms with Gasteiger partial charge in [-0.05, 0) is 12.1 Å². The monoisotopic (exact) mass is 343 g/mol. The number of para-hydroxylation sites is 1. The molecule has 0 aliphatic heterocycles. The molecule has 0 aliphatic rings. The van der Waals surface area contributed by atoms with Crippen molar-refractivity contribution in [3.05, 3.63) is 46.4 Å². The molecule has 3 aromatic rings.